The minimum absolute atomic E-state index is 0.0341. The highest BCUT2D eigenvalue weighted by atomic mass is 16.6. The quantitative estimate of drug-likeness (QED) is 0.119. The van der Waals surface area contributed by atoms with Gasteiger partial charge in [-0.1, -0.05) is 84.9 Å². The number of rotatable bonds is 7. The van der Waals surface area contributed by atoms with E-state index in [2.05, 4.69) is 4.98 Å². The van der Waals surface area contributed by atoms with Crippen molar-refractivity contribution in [2.24, 2.45) is 0 Å². The van der Waals surface area contributed by atoms with Crippen molar-refractivity contribution < 1.29 is 45.0 Å². The number of aromatic hydroxyl groups is 2. The zero-order chi connectivity index (χ0) is 36.7. The molecule has 7 aromatic rings. The number of nitrogens with zero attached hydrogens (tertiary/aromatic N) is 3. The number of aromatic amines is 1. The molecule has 5 aromatic carbocycles. The van der Waals surface area contributed by atoms with Gasteiger partial charge in [-0.25, -0.2) is 10.0 Å². The molecule has 2 amide bonds. The van der Waals surface area contributed by atoms with Gasteiger partial charge in [-0.05, 0) is 23.3 Å². The SMILES string of the molecule is O=C1c2c(c3c4cccc(O)c4n(C4OC(CO)C(O)C(O)C4O)c3c3[nH]c4c(O)cccc4c23)C(=O)N1N(Cc1ccccc1)Cc1ccccc1. The molecule has 7 N–H and O–H groups in total. The number of aliphatic hydroxyl groups excluding tert-OH is 4. The molecule has 2 aromatic heterocycles. The molecule has 0 bridgehead atoms. The number of aromatic nitrogens is 2. The van der Waals surface area contributed by atoms with Gasteiger partial charge in [0, 0.05) is 34.6 Å². The van der Waals surface area contributed by atoms with Crippen LogP contribution in [0.15, 0.2) is 97.1 Å². The Morgan fingerprint density at radius 3 is 1.85 bits per heavy atom. The first-order chi connectivity index (χ1) is 25.7. The number of para-hydroxylation sites is 2. The van der Waals surface area contributed by atoms with Crippen molar-refractivity contribution in [3.05, 3.63) is 119 Å². The summed E-state index contributed by atoms with van der Waals surface area (Å²) in [6, 6.07) is 28.4. The van der Waals surface area contributed by atoms with E-state index >= 15 is 9.59 Å². The maximum Gasteiger partial charge on any atom is 0.277 e. The number of fused-ring (bicyclic) bond motifs is 10. The third-order valence-corrected chi connectivity index (χ3v) is 10.4. The zero-order valence-corrected chi connectivity index (χ0v) is 28.0. The van der Waals surface area contributed by atoms with Crippen LogP contribution in [0.5, 0.6) is 11.5 Å². The predicted octanol–water partition coefficient (Wildman–Crippen LogP) is 4.03. The number of hydrogen-bond acceptors (Lipinski definition) is 10. The van der Waals surface area contributed by atoms with E-state index in [1.54, 1.807) is 29.3 Å². The Morgan fingerprint density at radius 2 is 1.23 bits per heavy atom. The van der Waals surface area contributed by atoms with Crippen LogP contribution in [0.1, 0.15) is 38.1 Å². The van der Waals surface area contributed by atoms with Crippen LogP contribution in [0, 0.1) is 0 Å². The van der Waals surface area contributed by atoms with E-state index in [1.165, 1.54) is 16.7 Å². The highest BCUT2D eigenvalue weighted by Gasteiger charge is 2.48. The van der Waals surface area contributed by atoms with E-state index in [0.717, 1.165) is 16.1 Å². The molecule has 9 rings (SSSR count). The molecule has 13 heteroatoms. The fourth-order valence-corrected chi connectivity index (χ4v) is 8.06. The van der Waals surface area contributed by atoms with Crippen LogP contribution in [0.3, 0.4) is 0 Å². The summed E-state index contributed by atoms with van der Waals surface area (Å²) < 4.78 is 7.48. The Hall–Kier alpha value is -5.80. The van der Waals surface area contributed by atoms with E-state index in [9.17, 15) is 30.6 Å². The number of phenolic OH excluding ortho intramolecular Hbond substituents is 2. The molecule has 2 aliphatic heterocycles. The van der Waals surface area contributed by atoms with Crippen LogP contribution in [0.2, 0.25) is 0 Å². The number of benzene rings is 5. The lowest BCUT2D eigenvalue weighted by atomic mass is 9.96. The van der Waals surface area contributed by atoms with Gasteiger partial charge in [0.15, 0.2) is 6.23 Å². The largest absolute Gasteiger partial charge is 0.506 e. The average molecular weight is 715 g/mol. The standard InChI is InChI=1S/C40H34N4O9/c45-19-26-35(48)36(49)37(50)40(53-26)43-33-23(14-8-16-25(33)47)28-30-29(27-22-13-7-15-24(46)31(22)41-32(27)34(28)43)38(51)44(39(30)52)42(17-20-9-3-1-4-10-20)18-21-11-5-2-6-12-21/h1-16,26,35-37,40-41,45-50H,17-19H2. The van der Waals surface area contributed by atoms with Crippen molar-refractivity contribution >= 4 is 55.4 Å². The number of hydrazine groups is 1. The number of carbonyl (C=O) groups excluding carboxylic acids is 2. The number of phenols is 2. The molecule has 2 aliphatic rings. The molecule has 1 saturated heterocycles. The predicted molar refractivity (Wildman–Crippen MR) is 194 cm³/mol. The van der Waals surface area contributed by atoms with Crippen molar-refractivity contribution in [2.45, 2.75) is 43.7 Å². The Balaban J connectivity index is 1.37. The molecule has 4 heterocycles. The molecule has 268 valence electrons. The van der Waals surface area contributed by atoms with Gasteiger partial charge in [-0.3, -0.25) is 9.59 Å². The van der Waals surface area contributed by atoms with Crippen LogP contribution in [-0.4, -0.2) is 93.0 Å². The summed E-state index contributed by atoms with van der Waals surface area (Å²) in [4.78, 5) is 33.4. The first kappa shape index (κ1) is 33.1. The maximum atomic E-state index is 15.1. The third-order valence-electron chi connectivity index (χ3n) is 10.4. The molecule has 13 nitrogen and oxygen atoms in total. The first-order valence-electron chi connectivity index (χ1n) is 17.2. The lowest BCUT2D eigenvalue weighted by Crippen LogP contribution is -2.56. The number of amides is 2. The molecule has 1 fully saturated rings. The summed E-state index contributed by atoms with van der Waals surface area (Å²) in [6.07, 6.45) is -7.99. The topological polar surface area (TPSA) is 192 Å². The number of ether oxygens (including phenoxy) is 1. The fourth-order valence-electron chi connectivity index (χ4n) is 8.06. The second kappa shape index (κ2) is 12.4. The Bertz CT molecular complexity index is 2540. The summed E-state index contributed by atoms with van der Waals surface area (Å²) in [5.74, 6) is -1.61. The number of carbonyl (C=O) groups is 2. The first-order valence-corrected chi connectivity index (χ1v) is 17.2. The van der Waals surface area contributed by atoms with Gasteiger partial charge in [0.1, 0.15) is 35.9 Å². The number of hydrogen-bond donors (Lipinski definition) is 7. The normalized spacial score (nSPS) is 21.9. The Kier molecular flexibility index (Phi) is 7.74. The number of nitrogens with one attached hydrogen (secondary N) is 1. The monoisotopic (exact) mass is 714 g/mol. The smallest absolute Gasteiger partial charge is 0.277 e. The van der Waals surface area contributed by atoms with Crippen molar-refractivity contribution in [3.63, 3.8) is 0 Å². The third kappa shape index (κ3) is 4.87. The minimum Gasteiger partial charge on any atom is -0.506 e. The van der Waals surface area contributed by atoms with Gasteiger partial charge in [-0.15, -0.1) is 0 Å². The number of H-pyrrole nitrogens is 1. The van der Waals surface area contributed by atoms with Crippen molar-refractivity contribution in [2.75, 3.05) is 6.61 Å². The Morgan fingerprint density at radius 1 is 0.642 bits per heavy atom. The summed E-state index contributed by atoms with van der Waals surface area (Å²) in [7, 11) is 0. The second-order valence-corrected chi connectivity index (χ2v) is 13.5. The number of imide groups is 1. The van der Waals surface area contributed by atoms with Crippen LogP contribution < -0.4 is 0 Å². The van der Waals surface area contributed by atoms with Crippen LogP contribution in [0.4, 0.5) is 0 Å². The molecule has 0 saturated carbocycles. The molecule has 0 spiro atoms. The second-order valence-electron chi connectivity index (χ2n) is 13.5. The van der Waals surface area contributed by atoms with Gasteiger partial charge in [0.2, 0.25) is 0 Å². The van der Waals surface area contributed by atoms with E-state index in [1.807, 2.05) is 60.7 Å². The van der Waals surface area contributed by atoms with E-state index in [0.29, 0.717) is 16.2 Å². The van der Waals surface area contributed by atoms with Crippen molar-refractivity contribution in [1.82, 2.24) is 19.6 Å². The van der Waals surface area contributed by atoms with Crippen molar-refractivity contribution in [1.29, 1.82) is 0 Å². The number of aliphatic hydroxyl groups is 4. The highest BCUT2D eigenvalue weighted by Crippen LogP contribution is 2.49. The summed E-state index contributed by atoms with van der Waals surface area (Å²) in [5.41, 5.74) is 2.71. The summed E-state index contributed by atoms with van der Waals surface area (Å²) in [6.45, 7) is -0.290. The lowest BCUT2D eigenvalue weighted by Gasteiger charge is -2.41. The van der Waals surface area contributed by atoms with E-state index in [-0.39, 0.29) is 63.2 Å². The van der Waals surface area contributed by atoms with Gasteiger partial charge in [-0.2, -0.15) is 0 Å². The lowest BCUT2D eigenvalue weighted by molar-refractivity contribution is -0.249. The van der Waals surface area contributed by atoms with E-state index < -0.39 is 49.1 Å². The summed E-state index contributed by atoms with van der Waals surface area (Å²) in [5, 5.41) is 69.7. The highest BCUT2D eigenvalue weighted by molar-refractivity contribution is 6.39. The molecular weight excluding hydrogens is 680 g/mol. The van der Waals surface area contributed by atoms with Gasteiger partial charge < -0.3 is 44.9 Å². The van der Waals surface area contributed by atoms with Crippen LogP contribution >= 0.6 is 0 Å². The fraction of sp³-hybridized carbons (Fsp3) is 0.200. The molecule has 0 aliphatic carbocycles. The van der Waals surface area contributed by atoms with E-state index in [4.69, 9.17) is 4.74 Å². The average Bonchev–Trinajstić information content (AvgIpc) is 3.80. The minimum atomic E-state index is -1.77. The van der Waals surface area contributed by atoms with Crippen molar-refractivity contribution in [3.8, 4) is 11.5 Å². The summed E-state index contributed by atoms with van der Waals surface area (Å²) >= 11 is 0. The molecule has 0 radical (unpaired) electrons. The zero-order valence-electron chi connectivity index (χ0n) is 28.0. The molecule has 5 unspecified atom stereocenters. The van der Waals surface area contributed by atoms with Crippen LogP contribution in [-0.2, 0) is 17.8 Å². The molecule has 5 atom stereocenters. The molecular formula is C40H34N4O9. The maximum absolute atomic E-state index is 15.1. The van der Waals surface area contributed by atoms with Gasteiger partial charge in [0.05, 0.1) is 39.8 Å². The van der Waals surface area contributed by atoms with Gasteiger partial charge in [0.25, 0.3) is 11.8 Å². The van der Waals surface area contributed by atoms with Crippen LogP contribution in [0.25, 0.3) is 43.6 Å². The Labute approximate surface area is 300 Å². The molecule has 53 heavy (non-hydrogen) atoms. The van der Waals surface area contributed by atoms with Gasteiger partial charge >= 0.3 is 0 Å².